The van der Waals surface area contributed by atoms with Gasteiger partial charge in [-0.05, 0) is 37.1 Å². The molecule has 0 radical (unpaired) electrons. The maximum absolute atomic E-state index is 12.8. The lowest BCUT2D eigenvalue weighted by Crippen LogP contribution is -2.11. The third-order valence-corrected chi connectivity index (χ3v) is 6.94. The summed E-state index contributed by atoms with van der Waals surface area (Å²) in [5, 5.41) is 12.1. The molecule has 8 nitrogen and oxygen atoms in total. The van der Waals surface area contributed by atoms with E-state index in [0.29, 0.717) is 33.6 Å². The lowest BCUT2D eigenvalue weighted by Gasteiger charge is -2.08. The van der Waals surface area contributed by atoms with E-state index in [2.05, 4.69) is 29.7 Å². The zero-order chi connectivity index (χ0) is 20.8. The number of pyridine rings is 1. The number of rotatable bonds is 6. The molecule has 154 valence electrons. The van der Waals surface area contributed by atoms with Gasteiger partial charge in [0.15, 0.2) is 11.0 Å². The first-order valence-corrected chi connectivity index (χ1v) is 11.7. The Bertz CT molecular complexity index is 1420. The summed E-state index contributed by atoms with van der Waals surface area (Å²) < 4.78 is 7.64. The van der Waals surface area contributed by atoms with Crippen molar-refractivity contribution in [3.63, 3.8) is 0 Å². The van der Waals surface area contributed by atoms with Crippen molar-refractivity contribution in [2.24, 2.45) is 0 Å². The van der Waals surface area contributed by atoms with Gasteiger partial charge in [0, 0.05) is 34.9 Å². The first kappa shape index (κ1) is 18.5. The molecule has 1 saturated carbocycles. The van der Waals surface area contributed by atoms with Crippen LogP contribution in [-0.2, 0) is 5.75 Å². The summed E-state index contributed by atoms with van der Waals surface area (Å²) in [6.45, 7) is 0. The van der Waals surface area contributed by atoms with Crippen LogP contribution in [0.3, 0.4) is 0 Å². The standard InChI is InChI=1S/C21H16N6O2S2/c28-19-17-14(15-4-2-8-29-15)10-30-20(17)24-16(23-19)11-31-21-26-25-18(27(21)13-5-6-13)12-3-1-7-22-9-12/h1-4,7-10,13H,5-6,11H2,(H,23,24,28). The normalized spacial score (nSPS) is 13.8. The zero-order valence-corrected chi connectivity index (χ0v) is 17.8. The Hall–Kier alpha value is -3.24. The fourth-order valence-corrected chi connectivity index (χ4v) is 5.36. The molecular weight excluding hydrogens is 432 g/mol. The Morgan fingerprint density at radius 3 is 2.97 bits per heavy atom. The van der Waals surface area contributed by atoms with E-state index in [0.717, 1.165) is 34.9 Å². The molecule has 0 aromatic carbocycles. The smallest absolute Gasteiger partial charge is 0.260 e. The fourth-order valence-electron chi connectivity index (χ4n) is 3.54. The quantitative estimate of drug-likeness (QED) is 0.381. The highest BCUT2D eigenvalue weighted by Gasteiger charge is 2.30. The number of thiophene rings is 1. The van der Waals surface area contributed by atoms with E-state index in [4.69, 9.17) is 4.42 Å². The molecule has 1 fully saturated rings. The number of hydrogen-bond donors (Lipinski definition) is 1. The topological polar surface area (TPSA) is 102 Å². The summed E-state index contributed by atoms with van der Waals surface area (Å²) in [5.74, 6) is 2.61. The Kier molecular flexibility index (Phi) is 4.46. The van der Waals surface area contributed by atoms with Gasteiger partial charge in [-0.25, -0.2) is 4.98 Å². The second-order valence-electron chi connectivity index (χ2n) is 7.26. The van der Waals surface area contributed by atoms with Gasteiger partial charge in [0.05, 0.1) is 17.4 Å². The highest BCUT2D eigenvalue weighted by Crippen LogP contribution is 2.41. The Morgan fingerprint density at radius 1 is 1.26 bits per heavy atom. The van der Waals surface area contributed by atoms with Crippen molar-refractivity contribution in [1.82, 2.24) is 29.7 Å². The van der Waals surface area contributed by atoms with Gasteiger partial charge in [0.25, 0.3) is 5.56 Å². The minimum atomic E-state index is -0.159. The molecule has 0 amide bonds. The van der Waals surface area contributed by atoms with E-state index < -0.39 is 0 Å². The third-order valence-electron chi connectivity index (χ3n) is 5.11. The number of aromatic amines is 1. The van der Waals surface area contributed by atoms with Gasteiger partial charge in [-0.2, -0.15) is 0 Å². The van der Waals surface area contributed by atoms with Crippen molar-refractivity contribution >= 4 is 33.3 Å². The first-order valence-electron chi connectivity index (χ1n) is 9.80. The monoisotopic (exact) mass is 448 g/mol. The average Bonchev–Trinajstić information content (AvgIpc) is 3.19. The minimum Gasteiger partial charge on any atom is -0.464 e. The van der Waals surface area contributed by atoms with Crippen LogP contribution in [0.4, 0.5) is 0 Å². The molecule has 1 aliphatic rings. The molecule has 0 unspecified atom stereocenters. The molecule has 0 atom stereocenters. The molecule has 0 bridgehead atoms. The molecule has 1 aliphatic carbocycles. The largest absolute Gasteiger partial charge is 0.464 e. The van der Waals surface area contributed by atoms with Gasteiger partial charge in [-0.3, -0.25) is 14.3 Å². The Labute approximate surface area is 184 Å². The number of thioether (sulfide) groups is 1. The molecule has 1 N–H and O–H groups in total. The van der Waals surface area contributed by atoms with Crippen molar-refractivity contribution in [3.05, 3.63) is 64.5 Å². The molecule has 0 aliphatic heterocycles. The number of nitrogens with one attached hydrogen (secondary N) is 1. The summed E-state index contributed by atoms with van der Waals surface area (Å²) >= 11 is 2.97. The summed E-state index contributed by atoms with van der Waals surface area (Å²) in [6, 6.07) is 7.95. The van der Waals surface area contributed by atoms with Crippen molar-refractivity contribution < 1.29 is 4.42 Å². The van der Waals surface area contributed by atoms with Crippen LogP contribution < -0.4 is 5.56 Å². The van der Waals surface area contributed by atoms with Crippen molar-refractivity contribution in [3.8, 4) is 22.7 Å². The molecule has 5 aromatic heterocycles. The van der Waals surface area contributed by atoms with Crippen LogP contribution >= 0.6 is 23.1 Å². The highest BCUT2D eigenvalue weighted by atomic mass is 32.2. The van der Waals surface area contributed by atoms with Crippen LogP contribution in [0.25, 0.3) is 32.9 Å². The number of hydrogen-bond acceptors (Lipinski definition) is 8. The van der Waals surface area contributed by atoms with E-state index in [1.165, 1.54) is 23.1 Å². The summed E-state index contributed by atoms with van der Waals surface area (Å²) in [5.41, 5.74) is 1.56. The van der Waals surface area contributed by atoms with Gasteiger partial charge in [-0.1, -0.05) is 11.8 Å². The van der Waals surface area contributed by atoms with Gasteiger partial charge >= 0.3 is 0 Å². The van der Waals surface area contributed by atoms with Crippen LogP contribution in [0.15, 0.2) is 62.7 Å². The maximum atomic E-state index is 12.8. The Balaban J connectivity index is 1.30. The van der Waals surface area contributed by atoms with Gasteiger partial charge in [-0.15, -0.1) is 21.5 Å². The van der Waals surface area contributed by atoms with Crippen LogP contribution in [0, 0.1) is 0 Å². The predicted molar refractivity (Wildman–Crippen MR) is 119 cm³/mol. The number of furan rings is 1. The third kappa shape index (κ3) is 3.37. The van der Waals surface area contributed by atoms with E-state index in [-0.39, 0.29) is 5.56 Å². The van der Waals surface area contributed by atoms with Crippen molar-refractivity contribution in [1.29, 1.82) is 0 Å². The molecular formula is C21H16N6O2S2. The number of aromatic nitrogens is 6. The average molecular weight is 449 g/mol. The van der Waals surface area contributed by atoms with Gasteiger partial charge < -0.3 is 9.40 Å². The lowest BCUT2D eigenvalue weighted by atomic mass is 10.2. The molecule has 31 heavy (non-hydrogen) atoms. The first-order chi connectivity index (χ1) is 15.3. The number of H-pyrrole nitrogens is 1. The molecule has 6 rings (SSSR count). The van der Waals surface area contributed by atoms with Crippen molar-refractivity contribution in [2.45, 2.75) is 29.8 Å². The summed E-state index contributed by atoms with van der Waals surface area (Å²) in [6.07, 6.45) is 7.38. The van der Waals surface area contributed by atoms with Crippen LogP contribution in [-0.4, -0.2) is 29.7 Å². The lowest BCUT2D eigenvalue weighted by molar-refractivity contribution is 0.583. The number of fused-ring (bicyclic) bond motifs is 1. The van der Waals surface area contributed by atoms with Crippen LogP contribution in [0.5, 0.6) is 0 Å². The second kappa shape index (κ2) is 7.47. The molecule has 10 heteroatoms. The molecule has 0 spiro atoms. The second-order valence-corrected chi connectivity index (χ2v) is 9.06. The number of nitrogens with zero attached hydrogens (tertiary/aromatic N) is 5. The molecule has 5 heterocycles. The van der Waals surface area contributed by atoms with Crippen molar-refractivity contribution in [2.75, 3.05) is 0 Å². The predicted octanol–water partition coefficient (Wildman–Crippen LogP) is 4.53. The molecule has 0 saturated heterocycles. The minimum absolute atomic E-state index is 0.159. The van der Waals surface area contributed by atoms with E-state index in [9.17, 15) is 4.79 Å². The highest BCUT2D eigenvalue weighted by molar-refractivity contribution is 7.98. The SMILES string of the molecule is O=c1[nH]c(CSc2nnc(-c3cccnc3)n2C2CC2)nc2scc(-c3ccco3)c12. The summed E-state index contributed by atoms with van der Waals surface area (Å²) in [7, 11) is 0. The van der Waals surface area contributed by atoms with E-state index in [1.54, 1.807) is 24.7 Å². The van der Waals surface area contributed by atoms with E-state index >= 15 is 0 Å². The van der Waals surface area contributed by atoms with Gasteiger partial charge in [0.1, 0.15) is 16.4 Å². The van der Waals surface area contributed by atoms with Crippen LogP contribution in [0.1, 0.15) is 24.7 Å². The molecule has 5 aromatic rings. The fraction of sp³-hybridized carbons (Fsp3) is 0.190. The summed E-state index contributed by atoms with van der Waals surface area (Å²) in [4.78, 5) is 25.3. The van der Waals surface area contributed by atoms with E-state index in [1.807, 2.05) is 23.6 Å². The van der Waals surface area contributed by atoms with Crippen LogP contribution in [0.2, 0.25) is 0 Å². The Morgan fingerprint density at radius 2 is 2.19 bits per heavy atom. The zero-order valence-electron chi connectivity index (χ0n) is 16.2. The maximum Gasteiger partial charge on any atom is 0.260 e. The van der Waals surface area contributed by atoms with Gasteiger partial charge in [0.2, 0.25) is 0 Å².